The van der Waals surface area contributed by atoms with Gasteiger partial charge in [0.05, 0.1) is 0 Å². The highest BCUT2D eigenvalue weighted by Crippen LogP contribution is 2.22. The summed E-state index contributed by atoms with van der Waals surface area (Å²) >= 11 is 0. The average Bonchev–Trinajstić information content (AvgIpc) is 2.48. The van der Waals surface area contributed by atoms with Crippen LogP contribution in [0.5, 0.6) is 5.75 Å². The second kappa shape index (κ2) is 10.3. The highest BCUT2D eigenvalue weighted by atomic mass is 19.4. The first-order valence-corrected chi connectivity index (χ1v) is 6.50. The summed E-state index contributed by atoms with van der Waals surface area (Å²) in [5.41, 5.74) is 13.1. The molecule has 0 aromatic heterocycles. The van der Waals surface area contributed by atoms with Gasteiger partial charge in [-0.2, -0.15) is 0 Å². The van der Waals surface area contributed by atoms with Crippen molar-refractivity contribution in [1.29, 1.82) is 0 Å². The number of carbonyl (C=O) groups is 1. The summed E-state index contributed by atoms with van der Waals surface area (Å²) in [7, 11) is 0. The Kier molecular flexibility index (Phi) is 9.23. The Hall–Kier alpha value is -2.50. The van der Waals surface area contributed by atoms with Crippen LogP contribution in [0.15, 0.2) is 36.2 Å². The molecule has 1 aromatic carbocycles. The molecule has 8 N–H and O–H groups in total. The number of carbonyl (C=O) groups excluding carboxylic acids is 1. The Morgan fingerprint density at radius 1 is 1.38 bits per heavy atom. The average molecular weight is 351 g/mol. The number of benzene rings is 1. The third-order valence-corrected chi connectivity index (χ3v) is 2.27. The molecule has 0 aliphatic heterocycles. The van der Waals surface area contributed by atoms with Crippen molar-refractivity contribution in [1.82, 2.24) is 10.5 Å². The van der Waals surface area contributed by atoms with Gasteiger partial charge in [0.2, 0.25) is 0 Å². The molecule has 8 nitrogen and oxygen atoms in total. The number of nitrogens with one attached hydrogen (secondary N) is 1. The van der Waals surface area contributed by atoms with E-state index in [1.807, 2.05) is 0 Å². The van der Waals surface area contributed by atoms with E-state index < -0.39 is 12.3 Å². The molecule has 24 heavy (non-hydrogen) atoms. The lowest BCUT2D eigenvalue weighted by atomic mass is 10.2. The van der Waals surface area contributed by atoms with Crippen LogP contribution >= 0.6 is 0 Å². The van der Waals surface area contributed by atoms with Gasteiger partial charge in [-0.3, -0.25) is 10.0 Å². The van der Waals surface area contributed by atoms with Gasteiger partial charge in [-0.15, -0.1) is 13.2 Å². The molecule has 0 atom stereocenters. The van der Waals surface area contributed by atoms with Gasteiger partial charge in [0.1, 0.15) is 12.3 Å². The van der Waals surface area contributed by atoms with E-state index in [1.54, 1.807) is 19.1 Å². The lowest BCUT2D eigenvalue weighted by Gasteiger charge is -2.12. The second-order valence-electron chi connectivity index (χ2n) is 4.48. The Labute approximate surface area is 136 Å². The molecule has 1 aromatic rings. The van der Waals surface area contributed by atoms with E-state index in [0.717, 1.165) is 10.6 Å². The Morgan fingerprint density at radius 2 is 1.92 bits per heavy atom. The first-order chi connectivity index (χ1) is 11.1. The number of hydrogen-bond donors (Lipinski definition) is 5. The molecular weight excluding hydrogens is 331 g/mol. The van der Waals surface area contributed by atoms with Crippen LogP contribution in [0.1, 0.15) is 5.56 Å². The maximum Gasteiger partial charge on any atom is 0.573 e. The fourth-order valence-electron chi connectivity index (χ4n) is 1.25. The Bertz CT molecular complexity index is 535. The molecule has 0 fully saturated rings. The zero-order valence-corrected chi connectivity index (χ0v) is 12.9. The van der Waals surface area contributed by atoms with E-state index >= 15 is 0 Å². The lowest BCUT2D eigenvalue weighted by molar-refractivity contribution is -0.274. The van der Waals surface area contributed by atoms with Crippen molar-refractivity contribution in [2.45, 2.75) is 13.3 Å². The van der Waals surface area contributed by atoms with Crippen LogP contribution in [0.4, 0.5) is 13.2 Å². The van der Waals surface area contributed by atoms with Crippen LogP contribution in [0.3, 0.4) is 0 Å². The number of ether oxygens (including phenoxy) is 1. The quantitative estimate of drug-likeness (QED) is 0.292. The molecule has 0 bridgehead atoms. The van der Waals surface area contributed by atoms with Crippen molar-refractivity contribution in [3.05, 3.63) is 41.7 Å². The molecular formula is C13H20F3N5O3. The van der Waals surface area contributed by atoms with Crippen LogP contribution in [0, 0.1) is 6.92 Å². The van der Waals surface area contributed by atoms with Gasteiger partial charge < -0.3 is 21.2 Å². The van der Waals surface area contributed by atoms with Gasteiger partial charge >= 0.3 is 6.36 Å². The summed E-state index contributed by atoms with van der Waals surface area (Å²) in [6.45, 7) is 1.77. The van der Waals surface area contributed by atoms with Gasteiger partial charge in [-0.05, 0) is 19.1 Å². The molecule has 1 amide bonds. The second-order valence-corrected chi connectivity index (χ2v) is 4.48. The number of hydrogen-bond acceptors (Lipinski definition) is 7. The predicted molar refractivity (Wildman–Crippen MR) is 80.0 cm³/mol. The van der Waals surface area contributed by atoms with Crippen LogP contribution in [-0.2, 0) is 4.79 Å². The smallest absolute Gasteiger partial charge is 0.406 e. The number of alkyl halides is 3. The summed E-state index contributed by atoms with van der Waals surface area (Å²) in [4.78, 5) is 10.5. The first-order valence-electron chi connectivity index (χ1n) is 6.50. The topological polar surface area (TPSA) is 140 Å². The van der Waals surface area contributed by atoms with Crippen molar-refractivity contribution in [3.8, 4) is 5.75 Å². The van der Waals surface area contributed by atoms with Gasteiger partial charge in [0.25, 0.3) is 5.91 Å². The van der Waals surface area contributed by atoms with Crippen molar-refractivity contribution in [2.24, 2.45) is 17.3 Å². The summed E-state index contributed by atoms with van der Waals surface area (Å²) < 4.78 is 38.5. The number of halogens is 3. The third kappa shape index (κ3) is 11.1. The summed E-state index contributed by atoms with van der Waals surface area (Å²) in [6.07, 6.45) is -3.29. The molecule has 1 rings (SSSR count). The summed E-state index contributed by atoms with van der Waals surface area (Å²) in [6, 6.07) is 5.67. The molecule has 11 heteroatoms. The molecule has 0 saturated carbocycles. The standard InChI is InChI=1S/C8H7F3O.C5H13N5O2/c1-6-2-4-7(5-3-6)12-8(9,10)11;6-1-4(7)2-10(8)3-5(11)9-12/h2-5H,1H3;2,12H,1,3,6-8H2,(H,9,11)/b;4-2-. The van der Waals surface area contributed by atoms with E-state index in [1.165, 1.54) is 23.8 Å². The first kappa shape index (κ1) is 21.5. The van der Waals surface area contributed by atoms with Crippen LogP contribution < -0.4 is 27.5 Å². The summed E-state index contributed by atoms with van der Waals surface area (Å²) in [5, 5.41) is 9.14. The minimum absolute atomic E-state index is 0.161. The number of amides is 1. The lowest BCUT2D eigenvalue weighted by Crippen LogP contribution is -2.37. The molecule has 0 aliphatic carbocycles. The number of hydroxylamine groups is 1. The largest absolute Gasteiger partial charge is 0.573 e. The fraction of sp³-hybridized carbons (Fsp3) is 0.308. The normalized spacial score (nSPS) is 11.2. The van der Waals surface area contributed by atoms with Gasteiger partial charge in [0, 0.05) is 18.4 Å². The zero-order valence-electron chi connectivity index (χ0n) is 12.9. The molecule has 0 radical (unpaired) electrons. The predicted octanol–water partition coefficient (Wildman–Crippen LogP) is 0.320. The number of rotatable bonds is 5. The number of aryl methyl sites for hydroxylation is 1. The third-order valence-electron chi connectivity index (χ3n) is 2.27. The van der Waals surface area contributed by atoms with E-state index in [9.17, 15) is 18.0 Å². The fourth-order valence-corrected chi connectivity index (χ4v) is 1.25. The van der Waals surface area contributed by atoms with Crippen LogP contribution in [-0.4, -0.2) is 35.6 Å². The molecule has 0 spiro atoms. The number of hydrazine groups is 1. The highest BCUT2D eigenvalue weighted by molar-refractivity contribution is 5.76. The monoisotopic (exact) mass is 351 g/mol. The van der Waals surface area contributed by atoms with E-state index in [2.05, 4.69) is 4.74 Å². The molecule has 0 saturated heterocycles. The van der Waals surface area contributed by atoms with Gasteiger partial charge in [-0.25, -0.2) is 11.3 Å². The van der Waals surface area contributed by atoms with Crippen molar-refractivity contribution in [2.75, 3.05) is 13.1 Å². The van der Waals surface area contributed by atoms with Crippen LogP contribution in [0.2, 0.25) is 0 Å². The van der Waals surface area contributed by atoms with E-state index in [0.29, 0.717) is 5.70 Å². The minimum Gasteiger partial charge on any atom is -0.406 e. The van der Waals surface area contributed by atoms with Crippen LogP contribution in [0.25, 0.3) is 0 Å². The molecule has 136 valence electrons. The molecule has 0 aliphatic rings. The van der Waals surface area contributed by atoms with Gasteiger partial charge in [-0.1, -0.05) is 17.7 Å². The Balaban J connectivity index is 0.000000441. The van der Waals surface area contributed by atoms with Crippen molar-refractivity contribution in [3.63, 3.8) is 0 Å². The maximum atomic E-state index is 11.6. The Morgan fingerprint density at radius 3 is 2.33 bits per heavy atom. The van der Waals surface area contributed by atoms with Crippen molar-refractivity contribution < 1.29 is 27.9 Å². The van der Waals surface area contributed by atoms with E-state index in [4.69, 9.17) is 22.5 Å². The summed E-state index contributed by atoms with van der Waals surface area (Å²) in [5.74, 6) is 4.46. The highest BCUT2D eigenvalue weighted by Gasteiger charge is 2.30. The number of nitrogens with two attached hydrogens (primary N) is 3. The minimum atomic E-state index is -4.60. The maximum absolute atomic E-state index is 11.6. The molecule has 0 unspecified atom stereocenters. The number of nitrogens with zero attached hydrogens (tertiary/aromatic N) is 1. The van der Waals surface area contributed by atoms with E-state index in [-0.39, 0.29) is 18.8 Å². The SMILES string of the molecule is Cc1ccc(OC(F)(F)F)cc1.NC/C(N)=C/N(N)CC(=O)NO. The molecule has 0 heterocycles. The zero-order chi connectivity index (χ0) is 18.8. The van der Waals surface area contributed by atoms with Gasteiger partial charge in [0.15, 0.2) is 0 Å². The van der Waals surface area contributed by atoms with Crippen molar-refractivity contribution >= 4 is 5.91 Å².